The number of rotatable bonds is 39. The Bertz CT molecular complexity index is 2010. The number of amides is 4. The van der Waals surface area contributed by atoms with Crippen LogP contribution in [-0.2, 0) is 104 Å². The summed E-state index contributed by atoms with van der Waals surface area (Å²) >= 11 is 0. The van der Waals surface area contributed by atoms with Gasteiger partial charge in [-0.15, -0.1) is 0 Å². The van der Waals surface area contributed by atoms with Crippen molar-refractivity contribution in [2.24, 2.45) is 5.73 Å². The van der Waals surface area contributed by atoms with Gasteiger partial charge in [-0.2, -0.15) is 26.3 Å². The Morgan fingerprint density at radius 2 is 0.939 bits per heavy atom. The van der Waals surface area contributed by atoms with Crippen LogP contribution in [0, 0.1) is 0 Å². The van der Waals surface area contributed by atoms with Crippen LogP contribution in [0.15, 0.2) is 0 Å². The van der Waals surface area contributed by atoms with Gasteiger partial charge in [0.05, 0.1) is 138 Å². The second kappa shape index (κ2) is 31.4. The Balaban J connectivity index is 0.718. The minimum atomic E-state index is -5.14. The SMILES string of the molecule is COCCOCC(COC[C@@]12CO[C@@H](O1)[C@H](NC(=O)C(F)(F)F)[C@H]1OC(C)(C)O[C@H]12)OCCNC(=O)CCOCC(N)COCCC(=O)NCCOCCOCCOCCOC[C@@]12CO[C@@H](O1)[C@H](NC(=O)C(F)(F)F)[C@H]1OC(C)(C)O[C@H]12. The molecule has 6 fully saturated rings. The maximum Gasteiger partial charge on any atom is 0.471 e. The third-order valence-corrected chi connectivity index (χ3v) is 13.2. The fraction of sp³-hybridized carbons (Fsp3) is 0.918. The predicted molar refractivity (Wildman–Crippen MR) is 262 cm³/mol. The van der Waals surface area contributed by atoms with Crippen LogP contribution in [0.5, 0.6) is 0 Å². The van der Waals surface area contributed by atoms with Gasteiger partial charge in [-0.05, 0) is 27.7 Å². The number of methoxy groups -OCH3 is 1. The summed E-state index contributed by atoms with van der Waals surface area (Å²) in [5.74, 6) is -7.19. The van der Waals surface area contributed by atoms with E-state index in [0.717, 1.165) is 0 Å². The molecular formula is C49H79F6N5O22. The number of nitrogens with two attached hydrogens (primary N) is 1. The van der Waals surface area contributed by atoms with E-state index >= 15 is 0 Å². The van der Waals surface area contributed by atoms with Gasteiger partial charge in [0.15, 0.2) is 24.2 Å². The lowest BCUT2D eigenvalue weighted by atomic mass is 9.88. The summed E-state index contributed by atoms with van der Waals surface area (Å²) in [5, 5.41) is 9.32. The Morgan fingerprint density at radius 3 is 1.41 bits per heavy atom. The third kappa shape index (κ3) is 20.4. The first-order valence-corrected chi connectivity index (χ1v) is 26.9. The molecule has 0 spiro atoms. The normalized spacial score (nSPS) is 29.5. The number of carbonyl (C=O) groups is 4. The van der Waals surface area contributed by atoms with Crippen LogP contribution in [0.4, 0.5) is 26.3 Å². The first-order valence-electron chi connectivity index (χ1n) is 26.9. The van der Waals surface area contributed by atoms with E-state index in [1.54, 1.807) is 27.7 Å². The average molecular weight is 1200 g/mol. The Kier molecular flexibility index (Phi) is 26.0. The largest absolute Gasteiger partial charge is 0.471 e. The lowest BCUT2D eigenvalue weighted by Gasteiger charge is -2.42. The number of ether oxygens (including phenoxy) is 18. The molecule has 4 amide bonds. The van der Waals surface area contributed by atoms with Gasteiger partial charge in [-0.1, -0.05) is 0 Å². The van der Waals surface area contributed by atoms with E-state index in [-0.39, 0.29) is 163 Å². The number of fused-ring (bicyclic) bond motifs is 8. The highest BCUT2D eigenvalue weighted by Crippen LogP contribution is 2.48. The van der Waals surface area contributed by atoms with Gasteiger partial charge in [0.2, 0.25) is 11.8 Å². The summed E-state index contributed by atoms with van der Waals surface area (Å²) in [5.41, 5.74) is 3.62. The van der Waals surface area contributed by atoms with Crippen LogP contribution in [0.1, 0.15) is 40.5 Å². The number of hydrogen-bond acceptors (Lipinski definition) is 23. The van der Waals surface area contributed by atoms with Crippen LogP contribution in [0.2, 0.25) is 0 Å². The molecule has 2 unspecified atom stereocenters. The maximum absolute atomic E-state index is 13.1. The van der Waals surface area contributed by atoms with Crippen molar-refractivity contribution < 1.29 is 131 Å². The van der Waals surface area contributed by atoms with Gasteiger partial charge in [0.25, 0.3) is 0 Å². The molecule has 6 rings (SSSR count). The van der Waals surface area contributed by atoms with Crippen LogP contribution in [0.25, 0.3) is 0 Å². The average Bonchev–Trinajstić information content (AvgIpc) is 1.81. The summed E-state index contributed by atoms with van der Waals surface area (Å²) in [4.78, 5) is 48.2. The zero-order chi connectivity index (χ0) is 59.6. The summed E-state index contributed by atoms with van der Waals surface area (Å²) < 4.78 is 182. The first kappa shape index (κ1) is 67.8. The smallest absolute Gasteiger partial charge is 0.382 e. The highest BCUT2D eigenvalue weighted by molar-refractivity contribution is 5.82. The molecule has 0 radical (unpaired) electrons. The number of carbonyl (C=O) groups excluding carboxylic acids is 4. The molecule has 0 aliphatic carbocycles. The molecule has 6 aliphatic heterocycles. The van der Waals surface area contributed by atoms with Crippen molar-refractivity contribution in [3.8, 4) is 0 Å². The molecule has 82 heavy (non-hydrogen) atoms. The summed E-state index contributed by atoms with van der Waals surface area (Å²) in [6.45, 7) is 9.51. The molecule has 27 nitrogen and oxygen atoms in total. The lowest BCUT2D eigenvalue weighted by Crippen LogP contribution is -2.66. The second-order valence-corrected chi connectivity index (χ2v) is 20.8. The fourth-order valence-corrected chi connectivity index (χ4v) is 9.48. The molecule has 0 aromatic rings. The second-order valence-electron chi connectivity index (χ2n) is 20.8. The van der Waals surface area contributed by atoms with E-state index in [4.69, 9.17) is 91.0 Å². The molecule has 12 atom stereocenters. The molecule has 474 valence electrons. The van der Waals surface area contributed by atoms with E-state index < -0.39 is 108 Å². The van der Waals surface area contributed by atoms with Gasteiger partial charge in [-0.3, -0.25) is 19.2 Å². The standard InChI is InChI=1S/C49H79F6N5O22/c1-44(2)77-36-34(59-42(63)48(50,51)52)40-75-28-46(81-40,38(36)79-44)26-72-21-20-68-19-18-67-17-16-66-12-8-57-32(61)6-10-69-22-30(56)23-70-11-7-33(62)58-9-13-74-31(24-71-15-14-65-5)25-73-27-47-29-76-41(82-47)35(60-43(64)49(53,54)55)37-39(47)80-45(3,4)78-37/h30-31,34-41H,6-29,56H2,1-5H3,(H,57,61)(H,58,62)(H,59,63)(H,60,64)/t30?,31?,34-,35-,36-,37-,38-,39-,40+,41+,46+,47+/m1/s1. The molecular weight excluding hydrogens is 1120 g/mol. The maximum atomic E-state index is 13.1. The van der Waals surface area contributed by atoms with Gasteiger partial charge < -0.3 is 112 Å². The third-order valence-electron chi connectivity index (χ3n) is 13.2. The monoisotopic (exact) mass is 1200 g/mol. The van der Waals surface area contributed by atoms with E-state index in [1.165, 1.54) is 7.11 Å². The minimum absolute atomic E-state index is 0.0116. The van der Waals surface area contributed by atoms with Gasteiger partial charge in [0, 0.05) is 33.0 Å². The fourth-order valence-electron chi connectivity index (χ4n) is 9.48. The van der Waals surface area contributed by atoms with Crippen LogP contribution >= 0.6 is 0 Å². The molecule has 6 aliphatic rings. The first-order chi connectivity index (χ1) is 38.9. The molecule has 6 saturated heterocycles. The zero-order valence-corrected chi connectivity index (χ0v) is 46.6. The molecule has 4 bridgehead atoms. The van der Waals surface area contributed by atoms with Crippen molar-refractivity contribution in [2.45, 2.75) is 137 Å². The van der Waals surface area contributed by atoms with Crippen molar-refractivity contribution >= 4 is 23.6 Å². The van der Waals surface area contributed by atoms with Gasteiger partial charge >= 0.3 is 24.2 Å². The number of halogens is 6. The lowest BCUT2D eigenvalue weighted by molar-refractivity contribution is -0.220. The van der Waals surface area contributed by atoms with Crippen molar-refractivity contribution in [1.29, 1.82) is 0 Å². The number of alkyl halides is 6. The minimum Gasteiger partial charge on any atom is -0.382 e. The molecule has 6 N–H and O–H groups in total. The summed E-state index contributed by atoms with van der Waals surface area (Å²) in [6.07, 6.45) is -17.0. The van der Waals surface area contributed by atoms with Crippen molar-refractivity contribution in [1.82, 2.24) is 21.3 Å². The Hall–Kier alpha value is -3.30. The van der Waals surface area contributed by atoms with Crippen molar-refractivity contribution in [2.75, 3.05) is 152 Å². The van der Waals surface area contributed by atoms with Crippen LogP contribution in [0.3, 0.4) is 0 Å². The van der Waals surface area contributed by atoms with E-state index in [9.17, 15) is 45.5 Å². The van der Waals surface area contributed by atoms with Gasteiger partial charge in [0.1, 0.15) is 53.8 Å². The number of nitrogens with one attached hydrogen (secondary N) is 4. The summed E-state index contributed by atoms with van der Waals surface area (Å²) in [6, 6.07) is -3.06. The molecule has 0 aromatic heterocycles. The van der Waals surface area contributed by atoms with E-state index in [2.05, 4.69) is 10.6 Å². The molecule has 6 heterocycles. The highest BCUT2D eigenvalue weighted by Gasteiger charge is 2.68. The number of hydrogen-bond donors (Lipinski definition) is 5. The Morgan fingerprint density at radius 1 is 0.524 bits per heavy atom. The Labute approximate surface area is 469 Å². The van der Waals surface area contributed by atoms with Gasteiger partial charge in [-0.25, -0.2) is 0 Å². The molecule has 33 heteroatoms. The topological polar surface area (TPSA) is 309 Å². The van der Waals surface area contributed by atoms with E-state index in [1.807, 2.05) is 10.6 Å². The van der Waals surface area contributed by atoms with Crippen molar-refractivity contribution in [3.63, 3.8) is 0 Å². The van der Waals surface area contributed by atoms with Crippen LogP contribution in [-0.4, -0.2) is 272 Å². The summed E-state index contributed by atoms with van der Waals surface area (Å²) in [7, 11) is 1.53. The van der Waals surface area contributed by atoms with E-state index in [0.29, 0.717) is 6.61 Å². The van der Waals surface area contributed by atoms with Crippen molar-refractivity contribution in [3.05, 3.63) is 0 Å². The predicted octanol–water partition coefficient (Wildman–Crippen LogP) is -1.12. The molecule has 0 saturated carbocycles. The quantitative estimate of drug-likeness (QED) is 0.0360. The highest BCUT2D eigenvalue weighted by atomic mass is 19.4. The molecule has 0 aromatic carbocycles. The zero-order valence-electron chi connectivity index (χ0n) is 46.6. The van der Waals surface area contributed by atoms with Crippen LogP contribution < -0.4 is 27.0 Å².